The zero-order chi connectivity index (χ0) is 9.42. The molecular weight excluding hydrogens is 205 g/mol. The summed E-state index contributed by atoms with van der Waals surface area (Å²) in [6.07, 6.45) is 1.73. The fraction of sp³-hybridized carbons (Fsp3) is 0.100. The average molecular weight is 212 g/mol. The van der Waals surface area contributed by atoms with Crippen LogP contribution in [-0.2, 0) is 0 Å². The molecule has 13 heavy (non-hydrogen) atoms. The number of rotatable bonds is 0. The first-order valence-corrected chi connectivity index (χ1v) is 4.65. The maximum atomic E-state index is 6.11. The number of halogens is 2. The Balaban J connectivity index is 2.94. The number of pyridine rings is 1. The standard InChI is InChI=1S/C10H7Cl2N/c1-6-8(11)5-9-7(10(6)12)3-2-4-13-9/h2-5H,1H3. The summed E-state index contributed by atoms with van der Waals surface area (Å²) in [7, 11) is 0. The average Bonchev–Trinajstić information content (AvgIpc) is 2.15. The Hall–Kier alpha value is -0.790. The Labute approximate surface area is 86.3 Å². The van der Waals surface area contributed by atoms with Gasteiger partial charge in [0.2, 0.25) is 0 Å². The van der Waals surface area contributed by atoms with E-state index in [1.54, 1.807) is 6.20 Å². The third-order valence-corrected chi connectivity index (χ3v) is 2.91. The first kappa shape index (κ1) is 8.79. The highest BCUT2D eigenvalue weighted by Gasteiger charge is 2.06. The van der Waals surface area contributed by atoms with Crippen molar-refractivity contribution in [2.45, 2.75) is 6.92 Å². The summed E-state index contributed by atoms with van der Waals surface area (Å²) in [5.41, 5.74) is 1.74. The third kappa shape index (κ3) is 1.38. The second kappa shape index (κ2) is 3.17. The molecule has 1 nitrogen and oxygen atoms in total. The largest absolute Gasteiger partial charge is 0.256 e. The molecule has 0 aliphatic carbocycles. The lowest BCUT2D eigenvalue weighted by Crippen LogP contribution is -1.83. The van der Waals surface area contributed by atoms with E-state index in [1.807, 2.05) is 25.1 Å². The van der Waals surface area contributed by atoms with Crippen LogP contribution < -0.4 is 0 Å². The first-order chi connectivity index (χ1) is 6.20. The van der Waals surface area contributed by atoms with Crippen molar-refractivity contribution in [1.82, 2.24) is 4.98 Å². The lowest BCUT2D eigenvalue weighted by atomic mass is 10.1. The second-order valence-electron chi connectivity index (χ2n) is 2.87. The lowest BCUT2D eigenvalue weighted by molar-refractivity contribution is 1.39. The van der Waals surface area contributed by atoms with Crippen LogP contribution in [0.3, 0.4) is 0 Å². The van der Waals surface area contributed by atoms with Gasteiger partial charge in [0.05, 0.1) is 10.5 Å². The molecule has 2 rings (SSSR count). The maximum absolute atomic E-state index is 6.11. The molecule has 2 aromatic rings. The molecule has 0 atom stereocenters. The Kier molecular flexibility index (Phi) is 2.14. The van der Waals surface area contributed by atoms with Crippen LogP contribution >= 0.6 is 23.2 Å². The quantitative estimate of drug-likeness (QED) is 0.646. The van der Waals surface area contributed by atoms with Crippen LogP contribution in [0.25, 0.3) is 10.9 Å². The van der Waals surface area contributed by atoms with Crippen LogP contribution in [0.15, 0.2) is 24.4 Å². The summed E-state index contributed by atoms with van der Waals surface area (Å²) >= 11 is 12.1. The van der Waals surface area contributed by atoms with E-state index < -0.39 is 0 Å². The van der Waals surface area contributed by atoms with Crippen molar-refractivity contribution in [1.29, 1.82) is 0 Å². The minimum atomic E-state index is 0.663. The van der Waals surface area contributed by atoms with E-state index in [0.717, 1.165) is 16.5 Å². The van der Waals surface area contributed by atoms with E-state index >= 15 is 0 Å². The molecule has 0 bridgehead atoms. The zero-order valence-electron chi connectivity index (χ0n) is 7.01. The molecule has 0 fully saturated rings. The Morgan fingerprint density at radius 3 is 2.85 bits per heavy atom. The molecule has 66 valence electrons. The third-order valence-electron chi connectivity index (χ3n) is 2.03. The van der Waals surface area contributed by atoms with Gasteiger partial charge in [-0.05, 0) is 30.7 Å². The van der Waals surface area contributed by atoms with Crippen LogP contribution in [0.5, 0.6) is 0 Å². The summed E-state index contributed by atoms with van der Waals surface area (Å²) in [6.45, 7) is 1.90. The molecule has 0 radical (unpaired) electrons. The van der Waals surface area contributed by atoms with Gasteiger partial charge in [-0.2, -0.15) is 0 Å². The number of aromatic nitrogens is 1. The normalized spacial score (nSPS) is 10.7. The zero-order valence-corrected chi connectivity index (χ0v) is 8.52. The highest BCUT2D eigenvalue weighted by atomic mass is 35.5. The fourth-order valence-electron chi connectivity index (χ4n) is 1.25. The van der Waals surface area contributed by atoms with Crippen LogP contribution in [0.1, 0.15) is 5.56 Å². The minimum absolute atomic E-state index is 0.663. The van der Waals surface area contributed by atoms with Gasteiger partial charge in [0.25, 0.3) is 0 Å². The van der Waals surface area contributed by atoms with Crippen molar-refractivity contribution in [2.75, 3.05) is 0 Å². The Morgan fingerprint density at radius 1 is 1.31 bits per heavy atom. The molecule has 0 N–H and O–H groups in total. The van der Waals surface area contributed by atoms with Gasteiger partial charge in [-0.3, -0.25) is 4.98 Å². The van der Waals surface area contributed by atoms with Crippen LogP contribution in [-0.4, -0.2) is 4.98 Å². The molecular formula is C10H7Cl2N. The summed E-state index contributed by atoms with van der Waals surface area (Å²) in [5.74, 6) is 0. The summed E-state index contributed by atoms with van der Waals surface area (Å²) in [6, 6.07) is 5.63. The van der Waals surface area contributed by atoms with Gasteiger partial charge in [-0.1, -0.05) is 23.2 Å². The van der Waals surface area contributed by atoms with E-state index in [0.29, 0.717) is 10.0 Å². The topological polar surface area (TPSA) is 12.9 Å². The maximum Gasteiger partial charge on any atom is 0.0731 e. The van der Waals surface area contributed by atoms with E-state index in [9.17, 15) is 0 Å². The monoisotopic (exact) mass is 211 g/mol. The molecule has 1 aromatic heterocycles. The number of hydrogen-bond donors (Lipinski definition) is 0. The molecule has 0 saturated heterocycles. The summed E-state index contributed by atoms with van der Waals surface area (Å²) in [4.78, 5) is 4.18. The predicted octanol–water partition coefficient (Wildman–Crippen LogP) is 3.85. The van der Waals surface area contributed by atoms with Gasteiger partial charge < -0.3 is 0 Å². The van der Waals surface area contributed by atoms with E-state index in [4.69, 9.17) is 23.2 Å². The smallest absolute Gasteiger partial charge is 0.0731 e. The van der Waals surface area contributed by atoms with Crippen LogP contribution in [0, 0.1) is 6.92 Å². The van der Waals surface area contributed by atoms with Crippen molar-refractivity contribution in [3.8, 4) is 0 Å². The summed E-state index contributed by atoms with van der Waals surface area (Å²) < 4.78 is 0. The minimum Gasteiger partial charge on any atom is -0.256 e. The molecule has 1 heterocycles. The van der Waals surface area contributed by atoms with Crippen LogP contribution in [0.2, 0.25) is 10.0 Å². The van der Waals surface area contributed by atoms with Crippen molar-refractivity contribution < 1.29 is 0 Å². The molecule has 1 aromatic carbocycles. The van der Waals surface area contributed by atoms with E-state index in [2.05, 4.69) is 4.98 Å². The number of benzene rings is 1. The van der Waals surface area contributed by atoms with Gasteiger partial charge >= 0.3 is 0 Å². The van der Waals surface area contributed by atoms with Crippen molar-refractivity contribution in [2.24, 2.45) is 0 Å². The SMILES string of the molecule is Cc1c(Cl)cc2ncccc2c1Cl. The van der Waals surface area contributed by atoms with Gasteiger partial charge in [-0.15, -0.1) is 0 Å². The first-order valence-electron chi connectivity index (χ1n) is 3.89. The molecule has 0 spiro atoms. The van der Waals surface area contributed by atoms with Crippen molar-refractivity contribution in [3.05, 3.63) is 40.0 Å². The molecule has 0 amide bonds. The van der Waals surface area contributed by atoms with Crippen molar-refractivity contribution >= 4 is 34.1 Å². The lowest BCUT2D eigenvalue weighted by Gasteiger charge is -2.04. The second-order valence-corrected chi connectivity index (χ2v) is 3.65. The highest BCUT2D eigenvalue weighted by Crippen LogP contribution is 2.30. The van der Waals surface area contributed by atoms with Crippen LogP contribution in [0.4, 0.5) is 0 Å². The molecule has 3 heteroatoms. The van der Waals surface area contributed by atoms with Gasteiger partial charge in [0.15, 0.2) is 0 Å². The van der Waals surface area contributed by atoms with E-state index in [1.165, 1.54) is 0 Å². The van der Waals surface area contributed by atoms with Crippen molar-refractivity contribution in [3.63, 3.8) is 0 Å². The number of hydrogen-bond acceptors (Lipinski definition) is 1. The molecule has 0 aliphatic rings. The Bertz CT molecular complexity index is 466. The van der Waals surface area contributed by atoms with Gasteiger partial charge in [-0.25, -0.2) is 0 Å². The molecule has 0 saturated carbocycles. The Morgan fingerprint density at radius 2 is 2.08 bits per heavy atom. The number of nitrogens with zero attached hydrogens (tertiary/aromatic N) is 1. The van der Waals surface area contributed by atoms with Gasteiger partial charge in [0, 0.05) is 16.6 Å². The van der Waals surface area contributed by atoms with E-state index in [-0.39, 0.29) is 0 Å². The highest BCUT2D eigenvalue weighted by molar-refractivity contribution is 6.39. The fourth-order valence-corrected chi connectivity index (χ4v) is 1.76. The molecule has 0 aliphatic heterocycles. The predicted molar refractivity (Wildman–Crippen MR) is 56.5 cm³/mol. The number of fused-ring (bicyclic) bond motifs is 1. The molecule has 0 unspecified atom stereocenters. The summed E-state index contributed by atoms with van der Waals surface area (Å²) in [5, 5.41) is 2.30. The van der Waals surface area contributed by atoms with Gasteiger partial charge in [0.1, 0.15) is 0 Å².